The smallest absolute Gasteiger partial charge is 0.309 e. The van der Waals surface area contributed by atoms with Gasteiger partial charge in [0.15, 0.2) is 0 Å². The molecule has 5 nitrogen and oxygen atoms in total. The van der Waals surface area contributed by atoms with Gasteiger partial charge in [-0.1, -0.05) is 6.07 Å². The van der Waals surface area contributed by atoms with E-state index in [0.29, 0.717) is 24.4 Å². The molecule has 0 saturated carbocycles. The number of aliphatic carboxylic acids is 1. The fraction of sp³-hybridized carbons (Fsp3) is 0.556. The predicted octanol–water partition coefficient (Wildman–Crippen LogP) is 2.97. The summed E-state index contributed by atoms with van der Waals surface area (Å²) in [5, 5.41) is 9.43. The van der Waals surface area contributed by atoms with Crippen LogP contribution < -0.4 is 4.74 Å². The average molecular weight is 319 g/mol. The quantitative estimate of drug-likeness (QED) is 0.926. The van der Waals surface area contributed by atoms with Crippen LogP contribution >= 0.6 is 0 Å². The third-order valence-corrected chi connectivity index (χ3v) is 5.01. The van der Waals surface area contributed by atoms with Crippen molar-refractivity contribution in [3.05, 3.63) is 29.3 Å². The number of ether oxygens (including phenoxy) is 1. The highest BCUT2D eigenvalue weighted by atomic mass is 16.5. The van der Waals surface area contributed by atoms with Crippen LogP contribution in [0.1, 0.15) is 42.6 Å². The number of amides is 1. The molecule has 1 unspecified atom stereocenters. The summed E-state index contributed by atoms with van der Waals surface area (Å²) in [7, 11) is 1.59. The molecular weight excluding hydrogens is 294 g/mol. The molecule has 0 aromatic heterocycles. The molecular formula is C18H25NO4. The summed E-state index contributed by atoms with van der Waals surface area (Å²) in [5.74, 6) is -0.208. The topological polar surface area (TPSA) is 66.8 Å². The van der Waals surface area contributed by atoms with Gasteiger partial charge in [0.25, 0.3) is 5.91 Å². The first kappa shape index (κ1) is 17.3. The molecule has 5 heteroatoms. The number of nitrogens with zero attached hydrogens (tertiary/aromatic N) is 1. The van der Waals surface area contributed by atoms with Crippen molar-refractivity contribution < 1.29 is 19.4 Å². The molecule has 1 atom stereocenters. The van der Waals surface area contributed by atoms with Gasteiger partial charge < -0.3 is 14.7 Å². The van der Waals surface area contributed by atoms with Crippen LogP contribution in [0.3, 0.4) is 0 Å². The van der Waals surface area contributed by atoms with Gasteiger partial charge in [0.1, 0.15) is 5.75 Å². The highest BCUT2D eigenvalue weighted by Gasteiger charge is 2.40. The Balaban J connectivity index is 2.22. The van der Waals surface area contributed by atoms with Crippen molar-refractivity contribution in [2.45, 2.75) is 33.6 Å². The van der Waals surface area contributed by atoms with E-state index in [1.54, 1.807) is 31.9 Å². The summed E-state index contributed by atoms with van der Waals surface area (Å²) >= 11 is 0. The van der Waals surface area contributed by atoms with Crippen molar-refractivity contribution in [1.82, 2.24) is 4.90 Å². The molecule has 0 bridgehead atoms. The van der Waals surface area contributed by atoms with E-state index in [0.717, 1.165) is 18.4 Å². The zero-order valence-electron chi connectivity index (χ0n) is 14.3. The van der Waals surface area contributed by atoms with Gasteiger partial charge in [-0.3, -0.25) is 9.59 Å². The summed E-state index contributed by atoms with van der Waals surface area (Å²) in [5.41, 5.74) is 0.611. The maximum atomic E-state index is 12.9. The Bertz CT molecular complexity index is 609. The number of likely N-dealkylation sites (tertiary alicyclic amines) is 1. The van der Waals surface area contributed by atoms with E-state index in [9.17, 15) is 14.7 Å². The second kappa shape index (κ2) is 6.60. The van der Waals surface area contributed by atoms with Crippen molar-refractivity contribution >= 4 is 11.9 Å². The molecule has 1 fully saturated rings. The van der Waals surface area contributed by atoms with Crippen molar-refractivity contribution in [2.24, 2.45) is 11.3 Å². The number of hydrogen-bond donors (Lipinski definition) is 1. The second-order valence-electron chi connectivity index (χ2n) is 6.75. The lowest BCUT2D eigenvalue weighted by molar-refractivity contribution is -0.151. The van der Waals surface area contributed by atoms with Gasteiger partial charge in [0, 0.05) is 24.2 Å². The number of carbonyl (C=O) groups is 2. The largest absolute Gasteiger partial charge is 0.496 e. The van der Waals surface area contributed by atoms with Crippen LogP contribution in [0.25, 0.3) is 0 Å². The van der Waals surface area contributed by atoms with Crippen molar-refractivity contribution in [2.75, 3.05) is 20.2 Å². The summed E-state index contributed by atoms with van der Waals surface area (Å²) in [4.78, 5) is 26.1. The molecule has 1 aliphatic heterocycles. The lowest BCUT2D eigenvalue weighted by Gasteiger charge is -2.39. The molecule has 0 aliphatic carbocycles. The molecule has 23 heavy (non-hydrogen) atoms. The number of carboxylic acid groups (broad SMARTS) is 1. The maximum absolute atomic E-state index is 12.9. The number of hydrogen-bond acceptors (Lipinski definition) is 3. The molecule has 126 valence electrons. The highest BCUT2D eigenvalue weighted by molar-refractivity contribution is 5.96. The first-order valence-electron chi connectivity index (χ1n) is 7.95. The SMILES string of the molecule is COc1cccc(C(=O)N2CCCC(C(C)(C)C(=O)O)C2)c1C. The third-order valence-electron chi connectivity index (χ3n) is 5.01. The summed E-state index contributed by atoms with van der Waals surface area (Å²) in [6.45, 7) is 6.50. The van der Waals surface area contributed by atoms with Crippen LogP contribution in [-0.2, 0) is 4.79 Å². The van der Waals surface area contributed by atoms with Gasteiger partial charge in [-0.15, -0.1) is 0 Å². The Morgan fingerprint density at radius 2 is 2.04 bits per heavy atom. The van der Waals surface area contributed by atoms with Crippen LogP contribution in [0.4, 0.5) is 0 Å². The number of methoxy groups -OCH3 is 1. The Labute approximate surface area is 137 Å². The van der Waals surface area contributed by atoms with Gasteiger partial charge in [-0.25, -0.2) is 0 Å². The van der Waals surface area contributed by atoms with Crippen LogP contribution in [0, 0.1) is 18.3 Å². The van der Waals surface area contributed by atoms with Gasteiger partial charge in [-0.05, 0) is 51.7 Å². The summed E-state index contributed by atoms with van der Waals surface area (Å²) in [6, 6.07) is 5.44. The van der Waals surface area contributed by atoms with E-state index in [-0.39, 0.29) is 11.8 Å². The minimum Gasteiger partial charge on any atom is -0.496 e. The molecule has 1 heterocycles. The van der Waals surface area contributed by atoms with E-state index < -0.39 is 11.4 Å². The lowest BCUT2D eigenvalue weighted by atomic mass is 9.74. The lowest BCUT2D eigenvalue weighted by Crippen LogP contribution is -2.47. The van der Waals surface area contributed by atoms with Gasteiger partial charge in [0.2, 0.25) is 0 Å². The normalized spacial score (nSPS) is 18.6. The number of piperidine rings is 1. The van der Waals surface area contributed by atoms with E-state index in [1.165, 1.54) is 0 Å². The molecule has 1 N–H and O–H groups in total. The van der Waals surface area contributed by atoms with Gasteiger partial charge in [0.05, 0.1) is 12.5 Å². The molecule has 1 saturated heterocycles. The molecule has 0 radical (unpaired) electrons. The fourth-order valence-corrected chi connectivity index (χ4v) is 3.16. The van der Waals surface area contributed by atoms with Crippen LogP contribution in [0.2, 0.25) is 0 Å². The van der Waals surface area contributed by atoms with Crippen LogP contribution in [0.15, 0.2) is 18.2 Å². The van der Waals surface area contributed by atoms with Crippen LogP contribution in [-0.4, -0.2) is 42.1 Å². The molecule has 2 rings (SSSR count). The number of benzene rings is 1. The van der Waals surface area contributed by atoms with Gasteiger partial charge >= 0.3 is 5.97 Å². The zero-order chi connectivity index (χ0) is 17.2. The number of carbonyl (C=O) groups excluding carboxylic acids is 1. The molecule has 1 aliphatic rings. The fourth-order valence-electron chi connectivity index (χ4n) is 3.16. The third kappa shape index (κ3) is 3.33. The van der Waals surface area contributed by atoms with Crippen molar-refractivity contribution in [3.63, 3.8) is 0 Å². The van der Waals surface area contributed by atoms with Gasteiger partial charge in [-0.2, -0.15) is 0 Å². The maximum Gasteiger partial charge on any atom is 0.309 e. The molecule has 1 aromatic rings. The van der Waals surface area contributed by atoms with E-state index in [2.05, 4.69) is 0 Å². The Kier molecular flexibility index (Phi) is 4.97. The van der Waals surface area contributed by atoms with Crippen LogP contribution in [0.5, 0.6) is 5.75 Å². The molecule has 1 aromatic carbocycles. The second-order valence-corrected chi connectivity index (χ2v) is 6.75. The van der Waals surface area contributed by atoms with Crippen molar-refractivity contribution in [1.29, 1.82) is 0 Å². The van der Waals surface area contributed by atoms with E-state index in [4.69, 9.17) is 4.74 Å². The van der Waals surface area contributed by atoms with E-state index >= 15 is 0 Å². The number of carboxylic acids is 1. The Morgan fingerprint density at radius 1 is 1.35 bits per heavy atom. The first-order chi connectivity index (χ1) is 10.8. The minimum atomic E-state index is -0.831. The summed E-state index contributed by atoms with van der Waals surface area (Å²) in [6.07, 6.45) is 1.66. The Morgan fingerprint density at radius 3 is 2.65 bits per heavy atom. The molecule has 1 amide bonds. The Hall–Kier alpha value is -2.04. The zero-order valence-corrected chi connectivity index (χ0v) is 14.3. The standard InChI is InChI=1S/C18H25NO4/c1-12-14(8-5-9-15(12)23-4)16(20)19-10-6-7-13(11-19)18(2,3)17(21)22/h5,8-9,13H,6-7,10-11H2,1-4H3,(H,21,22). The first-order valence-corrected chi connectivity index (χ1v) is 7.95. The summed E-state index contributed by atoms with van der Waals surface area (Å²) < 4.78 is 5.28. The highest BCUT2D eigenvalue weighted by Crippen LogP contribution is 2.35. The minimum absolute atomic E-state index is 0.0383. The molecule has 0 spiro atoms. The van der Waals surface area contributed by atoms with Crippen molar-refractivity contribution in [3.8, 4) is 5.75 Å². The van der Waals surface area contributed by atoms with E-state index in [1.807, 2.05) is 19.1 Å². The average Bonchev–Trinajstić information content (AvgIpc) is 2.54. The monoisotopic (exact) mass is 319 g/mol. The predicted molar refractivity (Wildman–Crippen MR) is 87.8 cm³/mol. The number of rotatable bonds is 4.